The third kappa shape index (κ3) is 4.28. The molecule has 104 valence electrons. The van der Waals surface area contributed by atoms with Crippen LogP contribution in [0, 0.1) is 0 Å². The minimum Gasteiger partial charge on any atom is -0.497 e. The fourth-order valence-corrected chi connectivity index (χ4v) is 1.68. The third-order valence-electron chi connectivity index (χ3n) is 2.76. The van der Waals surface area contributed by atoms with Gasteiger partial charge in [-0.2, -0.15) is 0 Å². The minimum atomic E-state index is -0.118. The maximum absolute atomic E-state index is 11.6. The van der Waals surface area contributed by atoms with Gasteiger partial charge in [-0.15, -0.1) is 0 Å². The molecule has 0 fully saturated rings. The molecule has 0 aliphatic rings. The lowest BCUT2D eigenvalue weighted by molar-refractivity contribution is -0.116. The second-order valence-corrected chi connectivity index (χ2v) is 4.18. The Labute approximate surface area is 117 Å². The molecule has 0 radical (unpaired) electrons. The summed E-state index contributed by atoms with van der Waals surface area (Å²) in [6.07, 6.45) is 7.43. The van der Waals surface area contributed by atoms with E-state index in [1.54, 1.807) is 25.6 Å². The normalized spacial score (nSPS) is 10.7. The second kappa shape index (κ2) is 7.13. The zero-order valence-corrected chi connectivity index (χ0v) is 11.3. The predicted octanol–water partition coefficient (Wildman–Crippen LogP) is 1.79. The van der Waals surface area contributed by atoms with Gasteiger partial charge in [-0.05, 0) is 23.8 Å². The van der Waals surface area contributed by atoms with Crippen LogP contribution >= 0.6 is 0 Å². The van der Waals surface area contributed by atoms with Gasteiger partial charge in [-0.25, -0.2) is 4.98 Å². The van der Waals surface area contributed by atoms with Crippen LogP contribution in [0.2, 0.25) is 0 Å². The van der Waals surface area contributed by atoms with E-state index >= 15 is 0 Å². The number of benzene rings is 1. The van der Waals surface area contributed by atoms with E-state index in [1.165, 1.54) is 6.08 Å². The number of nitrogens with zero attached hydrogens (tertiary/aromatic N) is 1. The molecule has 0 saturated heterocycles. The summed E-state index contributed by atoms with van der Waals surface area (Å²) in [5, 5.41) is 2.80. The van der Waals surface area contributed by atoms with Gasteiger partial charge in [0.1, 0.15) is 11.6 Å². The maximum atomic E-state index is 11.6. The average molecular weight is 271 g/mol. The first kappa shape index (κ1) is 13.9. The number of nitrogens with one attached hydrogen (secondary N) is 2. The van der Waals surface area contributed by atoms with Crippen molar-refractivity contribution < 1.29 is 9.53 Å². The largest absolute Gasteiger partial charge is 0.497 e. The Morgan fingerprint density at radius 2 is 2.20 bits per heavy atom. The van der Waals surface area contributed by atoms with Crippen molar-refractivity contribution in [3.63, 3.8) is 0 Å². The molecule has 0 atom stereocenters. The summed E-state index contributed by atoms with van der Waals surface area (Å²) >= 11 is 0. The van der Waals surface area contributed by atoms with Crippen molar-refractivity contribution >= 4 is 12.0 Å². The number of rotatable bonds is 6. The van der Waals surface area contributed by atoms with Crippen LogP contribution in [0.5, 0.6) is 5.75 Å². The Balaban J connectivity index is 1.76. The van der Waals surface area contributed by atoms with Gasteiger partial charge >= 0.3 is 0 Å². The fourth-order valence-electron chi connectivity index (χ4n) is 1.68. The Morgan fingerprint density at radius 1 is 1.40 bits per heavy atom. The summed E-state index contributed by atoms with van der Waals surface area (Å²) in [6.45, 7) is 0.555. The van der Waals surface area contributed by atoms with Crippen molar-refractivity contribution in [2.75, 3.05) is 13.7 Å². The molecule has 5 heteroatoms. The van der Waals surface area contributed by atoms with E-state index in [0.29, 0.717) is 13.0 Å². The molecule has 2 N–H and O–H groups in total. The smallest absolute Gasteiger partial charge is 0.244 e. The molecule has 0 aliphatic heterocycles. The van der Waals surface area contributed by atoms with Gasteiger partial charge < -0.3 is 15.0 Å². The first-order valence-electron chi connectivity index (χ1n) is 6.36. The molecule has 0 unspecified atom stereocenters. The highest BCUT2D eigenvalue weighted by Gasteiger charge is 1.98. The fraction of sp³-hybridized carbons (Fsp3) is 0.200. The van der Waals surface area contributed by atoms with Gasteiger partial charge in [-0.3, -0.25) is 4.79 Å². The number of hydrogen-bond donors (Lipinski definition) is 2. The van der Waals surface area contributed by atoms with Crippen molar-refractivity contribution in [3.05, 3.63) is 54.1 Å². The van der Waals surface area contributed by atoms with Crippen molar-refractivity contribution in [1.29, 1.82) is 0 Å². The van der Waals surface area contributed by atoms with Gasteiger partial charge in [-0.1, -0.05) is 12.1 Å². The Kier molecular flexibility index (Phi) is 4.94. The number of aromatic amines is 1. The number of hydrogen-bond acceptors (Lipinski definition) is 3. The summed E-state index contributed by atoms with van der Waals surface area (Å²) in [5.74, 6) is 1.54. The summed E-state index contributed by atoms with van der Waals surface area (Å²) in [7, 11) is 1.62. The Bertz CT molecular complexity index is 559. The molecule has 5 nitrogen and oxygen atoms in total. The molecule has 1 heterocycles. The van der Waals surface area contributed by atoms with Gasteiger partial charge in [0.25, 0.3) is 0 Å². The van der Waals surface area contributed by atoms with E-state index in [4.69, 9.17) is 4.74 Å². The first-order valence-corrected chi connectivity index (χ1v) is 6.36. The van der Waals surface area contributed by atoms with E-state index in [0.717, 1.165) is 17.1 Å². The number of carbonyl (C=O) groups is 1. The average Bonchev–Trinajstić information content (AvgIpc) is 2.99. The maximum Gasteiger partial charge on any atom is 0.244 e. The number of ether oxygens (including phenoxy) is 1. The number of carbonyl (C=O) groups excluding carboxylic acids is 1. The summed E-state index contributed by atoms with van der Waals surface area (Å²) < 4.78 is 5.07. The summed E-state index contributed by atoms with van der Waals surface area (Å²) in [4.78, 5) is 18.7. The number of imidazole rings is 1. The van der Waals surface area contributed by atoms with Crippen LogP contribution in [-0.2, 0) is 11.2 Å². The summed E-state index contributed by atoms with van der Waals surface area (Å²) in [5.41, 5.74) is 0.951. The molecule has 2 rings (SSSR count). The van der Waals surface area contributed by atoms with E-state index in [2.05, 4.69) is 15.3 Å². The zero-order chi connectivity index (χ0) is 14.2. The van der Waals surface area contributed by atoms with Gasteiger partial charge in [0.2, 0.25) is 5.91 Å². The van der Waals surface area contributed by atoms with Crippen molar-refractivity contribution in [2.45, 2.75) is 6.42 Å². The van der Waals surface area contributed by atoms with Crippen LogP contribution in [0.25, 0.3) is 6.08 Å². The lowest BCUT2D eigenvalue weighted by atomic mass is 10.2. The highest BCUT2D eigenvalue weighted by molar-refractivity contribution is 5.91. The molecular weight excluding hydrogens is 254 g/mol. The van der Waals surface area contributed by atoms with Crippen molar-refractivity contribution in [1.82, 2.24) is 15.3 Å². The minimum absolute atomic E-state index is 0.118. The van der Waals surface area contributed by atoms with Crippen LogP contribution in [-0.4, -0.2) is 29.5 Å². The third-order valence-corrected chi connectivity index (χ3v) is 2.76. The molecule has 1 amide bonds. The van der Waals surface area contributed by atoms with Gasteiger partial charge in [0.15, 0.2) is 0 Å². The van der Waals surface area contributed by atoms with Crippen LogP contribution in [0.1, 0.15) is 11.4 Å². The van der Waals surface area contributed by atoms with Crippen LogP contribution in [0.4, 0.5) is 0 Å². The topological polar surface area (TPSA) is 67.0 Å². The number of H-pyrrole nitrogens is 1. The van der Waals surface area contributed by atoms with E-state index in [1.807, 2.05) is 24.3 Å². The standard InChI is InChI=1S/C15H17N3O2/c1-20-13-5-2-12(3-6-13)4-7-15(19)18-9-8-14-16-10-11-17-14/h2-7,10-11H,8-9H2,1H3,(H,16,17)(H,18,19)/b7-4+. The number of amides is 1. The SMILES string of the molecule is COc1ccc(/C=C/C(=O)NCCc2ncc[nH]2)cc1. The predicted molar refractivity (Wildman–Crippen MR) is 77.3 cm³/mol. The monoisotopic (exact) mass is 271 g/mol. The quantitative estimate of drug-likeness (QED) is 0.787. The molecule has 1 aromatic carbocycles. The van der Waals surface area contributed by atoms with Crippen molar-refractivity contribution in [3.8, 4) is 5.75 Å². The molecular formula is C15H17N3O2. The highest BCUT2D eigenvalue weighted by Crippen LogP contribution is 2.12. The Hall–Kier alpha value is -2.56. The number of methoxy groups -OCH3 is 1. The number of aromatic nitrogens is 2. The van der Waals surface area contributed by atoms with Crippen molar-refractivity contribution in [2.24, 2.45) is 0 Å². The molecule has 20 heavy (non-hydrogen) atoms. The molecule has 0 spiro atoms. The van der Waals surface area contributed by atoms with Crippen LogP contribution < -0.4 is 10.1 Å². The molecule has 0 saturated carbocycles. The molecule has 1 aromatic heterocycles. The first-order chi connectivity index (χ1) is 9.78. The molecule has 0 bridgehead atoms. The lowest BCUT2D eigenvalue weighted by Gasteiger charge is -2.01. The lowest BCUT2D eigenvalue weighted by Crippen LogP contribution is -2.23. The highest BCUT2D eigenvalue weighted by atomic mass is 16.5. The molecule has 0 aliphatic carbocycles. The second-order valence-electron chi connectivity index (χ2n) is 4.18. The summed E-state index contributed by atoms with van der Waals surface area (Å²) in [6, 6.07) is 7.50. The van der Waals surface area contributed by atoms with Gasteiger partial charge in [0.05, 0.1) is 7.11 Å². The van der Waals surface area contributed by atoms with Crippen LogP contribution in [0.3, 0.4) is 0 Å². The van der Waals surface area contributed by atoms with E-state index in [-0.39, 0.29) is 5.91 Å². The van der Waals surface area contributed by atoms with E-state index < -0.39 is 0 Å². The van der Waals surface area contributed by atoms with Crippen LogP contribution in [0.15, 0.2) is 42.7 Å². The van der Waals surface area contributed by atoms with E-state index in [9.17, 15) is 4.79 Å². The molecule has 2 aromatic rings. The Morgan fingerprint density at radius 3 is 2.85 bits per heavy atom. The van der Waals surface area contributed by atoms with Gasteiger partial charge in [0, 0.05) is 31.4 Å². The zero-order valence-electron chi connectivity index (χ0n) is 11.3.